The third-order valence-electron chi connectivity index (χ3n) is 4.74. The third-order valence-corrected chi connectivity index (χ3v) is 6.24. The summed E-state index contributed by atoms with van der Waals surface area (Å²) >= 11 is 0. The Morgan fingerprint density at radius 2 is 1.72 bits per heavy atom. The van der Waals surface area contributed by atoms with Crippen molar-refractivity contribution in [3.8, 4) is 5.75 Å². The van der Waals surface area contributed by atoms with Gasteiger partial charge in [-0.2, -0.15) is 0 Å². The number of para-hydroxylation sites is 1. The number of hydrogen-bond donors (Lipinski definition) is 2. The Morgan fingerprint density at radius 1 is 0.938 bits per heavy atom. The smallest absolute Gasteiger partial charge is 0.333 e. The van der Waals surface area contributed by atoms with Gasteiger partial charge in [-0.15, -0.1) is 0 Å². The van der Waals surface area contributed by atoms with Crippen molar-refractivity contribution in [2.24, 2.45) is 0 Å². The van der Waals surface area contributed by atoms with Crippen LogP contribution in [0, 0.1) is 6.92 Å². The Labute approximate surface area is 186 Å². The van der Waals surface area contributed by atoms with E-state index in [-0.39, 0.29) is 11.5 Å². The standard InChI is InChI=1S/C24H21N3O4S/c1-17-7-2-5-12-23(17)32(29,30)27-24(28)26-19-9-6-10-21(15-19)31-16-20-14-13-18-8-3-4-11-22(18)25-20/h2-15H,16H2,1H3,(H2,26,27,28). The molecule has 0 aliphatic rings. The Balaban J connectivity index is 1.40. The molecule has 0 aliphatic heterocycles. The molecule has 0 unspecified atom stereocenters. The van der Waals surface area contributed by atoms with Gasteiger partial charge in [0, 0.05) is 17.1 Å². The van der Waals surface area contributed by atoms with Gasteiger partial charge in [-0.05, 0) is 42.8 Å². The number of pyridine rings is 1. The zero-order valence-electron chi connectivity index (χ0n) is 17.3. The van der Waals surface area contributed by atoms with Crippen molar-refractivity contribution >= 4 is 32.6 Å². The molecule has 2 N–H and O–H groups in total. The van der Waals surface area contributed by atoms with Crippen molar-refractivity contribution in [3.05, 3.63) is 96.2 Å². The van der Waals surface area contributed by atoms with E-state index >= 15 is 0 Å². The Bertz CT molecular complexity index is 1390. The summed E-state index contributed by atoms with van der Waals surface area (Å²) in [5.41, 5.74) is 2.59. The van der Waals surface area contributed by atoms with Crippen LogP contribution in [0.4, 0.5) is 10.5 Å². The second-order valence-corrected chi connectivity index (χ2v) is 8.79. The van der Waals surface area contributed by atoms with Crippen LogP contribution in [0.25, 0.3) is 10.9 Å². The summed E-state index contributed by atoms with van der Waals surface area (Å²) in [6.45, 7) is 1.92. The summed E-state index contributed by atoms with van der Waals surface area (Å²) in [6, 6.07) is 24.0. The van der Waals surface area contributed by atoms with Crippen LogP contribution in [0.5, 0.6) is 5.75 Å². The van der Waals surface area contributed by atoms with Crippen LogP contribution in [0.2, 0.25) is 0 Å². The van der Waals surface area contributed by atoms with E-state index in [1.165, 1.54) is 6.07 Å². The molecular weight excluding hydrogens is 426 g/mol. The van der Waals surface area contributed by atoms with Gasteiger partial charge in [-0.3, -0.25) is 0 Å². The second-order valence-electron chi connectivity index (χ2n) is 7.14. The molecule has 0 radical (unpaired) electrons. The van der Waals surface area contributed by atoms with E-state index in [0.717, 1.165) is 16.6 Å². The molecule has 7 nitrogen and oxygen atoms in total. The number of nitrogens with one attached hydrogen (secondary N) is 2. The molecule has 0 fully saturated rings. The number of benzene rings is 3. The van der Waals surface area contributed by atoms with E-state index < -0.39 is 16.1 Å². The molecule has 0 spiro atoms. The van der Waals surface area contributed by atoms with E-state index in [1.54, 1.807) is 49.4 Å². The Morgan fingerprint density at radius 3 is 2.56 bits per heavy atom. The first-order valence-electron chi connectivity index (χ1n) is 9.88. The van der Waals surface area contributed by atoms with Crippen molar-refractivity contribution in [1.82, 2.24) is 9.71 Å². The number of carbonyl (C=O) groups excluding carboxylic acids is 1. The average molecular weight is 448 g/mol. The predicted molar refractivity (Wildman–Crippen MR) is 123 cm³/mol. The van der Waals surface area contributed by atoms with E-state index in [4.69, 9.17) is 4.74 Å². The molecule has 2 amide bonds. The van der Waals surface area contributed by atoms with Crippen LogP contribution >= 0.6 is 0 Å². The molecule has 0 atom stereocenters. The maximum Gasteiger partial charge on any atom is 0.333 e. The van der Waals surface area contributed by atoms with Crippen LogP contribution in [-0.2, 0) is 16.6 Å². The molecule has 1 heterocycles. The topological polar surface area (TPSA) is 97.4 Å². The van der Waals surface area contributed by atoms with E-state index in [9.17, 15) is 13.2 Å². The number of rotatable bonds is 6. The minimum atomic E-state index is -3.99. The van der Waals surface area contributed by atoms with Crippen LogP contribution in [0.3, 0.4) is 0 Å². The number of aromatic nitrogens is 1. The summed E-state index contributed by atoms with van der Waals surface area (Å²) in [4.78, 5) is 16.9. The number of aryl methyl sites for hydroxylation is 1. The summed E-state index contributed by atoms with van der Waals surface area (Å²) in [7, 11) is -3.99. The second kappa shape index (κ2) is 9.07. The molecule has 4 aromatic rings. The molecule has 4 rings (SSSR count). The molecule has 0 saturated heterocycles. The lowest BCUT2D eigenvalue weighted by Gasteiger charge is -2.11. The number of carbonyl (C=O) groups is 1. The molecule has 162 valence electrons. The number of ether oxygens (including phenoxy) is 1. The number of urea groups is 1. The molecule has 8 heteroatoms. The number of fused-ring (bicyclic) bond motifs is 1. The molecule has 3 aromatic carbocycles. The van der Waals surface area contributed by atoms with Crippen molar-refractivity contribution in [1.29, 1.82) is 0 Å². The van der Waals surface area contributed by atoms with Crippen molar-refractivity contribution < 1.29 is 17.9 Å². The monoisotopic (exact) mass is 447 g/mol. The molecule has 0 aliphatic carbocycles. The highest BCUT2D eigenvalue weighted by Crippen LogP contribution is 2.20. The van der Waals surface area contributed by atoms with Gasteiger partial charge in [-0.1, -0.05) is 48.5 Å². The first kappa shape index (κ1) is 21.3. The van der Waals surface area contributed by atoms with E-state index in [0.29, 0.717) is 17.0 Å². The maximum atomic E-state index is 12.5. The van der Waals surface area contributed by atoms with Gasteiger partial charge in [-0.25, -0.2) is 22.9 Å². The van der Waals surface area contributed by atoms with Crippen molar-refractivity contribution in [3.63, 3.8) is 0 Å². The third kappa shape index (κ3) is 5.04. The summed E-state index contributed by atoms with van der Waals surface area (Å²) in [5, 5.41) is 3.58. The van der Waals surface area contributed by atoms with Crippen LogP contribution in [0.1, 0.15) is 11.3 Å². The van der Waals surface area contributed by atoms with Gasteiger partial charge in [0.2, 0.25) is 0 Å². The molecular formula is C24H21N3O4S. The van der Waals surface area contributed by atoms with Gasteiger partial charge in [0.15, 0.2) is 0 Å². The SMILES string of the molecule is Cc1ccccc1S(=O)(=O)NC(=O)Nc1cccc(OCc2ccc3ccccc3n2)c1. The highest BCUT2D eigenvalue weighted by Gasteiger charge is 2.19. The predicted octanol–water partition coefficient (Wildman–Crippen LogP) is 4.63. The minimum absolute atomic E-state index is 0.0510. The average Bonchev–Trinajstić information content (AvgIpc) is 2.77. The van der Waals surface area contributed by atoms with Crippen LogP contribution in [0.15, 0.2) is 89.8 Å². The normalized spacial score (nSPS) is 11.2. The molecule has 0 bridgehead atoms. The molecule has 0 saturated carbocycles. The highest BCUT2D eigenvalue weighted by molar-refractivity contribution is 7.90. The first-order chi connectivity index (χ1) is 15.4. The van der Waals surface area contributed by atoms with Crippen LogP contribution in [-0.4, -0.2) is 19.4 Å². The van der Waals surface area contributed by atoms with Crippen molar-refractivity contribution in [2.75, 3.05) is 5.32 Å². The van der Waals surface area contributed by atoms with Gasteiger partial charge in [0.25, 0.3) is 10.0 Å². The largest absolute Gasteiger partial charge is 0.487 e. The maximum absolute atomic E-state index is 12.5. The first-order valence-corrected chi connectivity index (χ1v) is 11.4. The Hall–Kier alpha value is -3.91. The fourth-order valence-corrected chi connectivity index (χ4v) is 4.36. The van der Waals surface area contributed by atoms with E-state index in [2.05, 4.69) is 10.3 Å². The lowest BCUT2D eigenvalue weighted by atomic mass is 10.2. The van der Waals surface area contributed by atoms with Crippen LogP contribution < -0.4 is 14.8 Å². The van der Waals surface area contributed by atoms with Gasteiger partial charge in [0.05, 0.1) is 16.1 Å². The highest BCUT2D eigenvalue weighted by atomic mass is 32.2. The van der Waals surface area contributed by atoms with Gasteiger partial charge in [0.1, 0.15) is 12.4 Å². The fraction of sp³-hybridized carbons (Fsp3) is 0.0833. The number of amides is 2. The molecule has 32 heavy (non-hydrogen) atoms. The Kier molecular flexibility index (Phi) is 6.04. The lowest BCUT2D eigenvalue weighted by Crippen LogP contribution is -2.34. The number of anilines is 1. The summed E-state index contributed by atoms with van der Waals surface area (Å²) in [5.74, 6) is 0.513. The number of nitrogens with zero attached hydrogens (tertiary/aromatic N) is 1. The van der Waals surface area contributed by atoms with Gasteiger partial charge < -0.3 is 10.1 Å². The minimum Gasteiger partial charge on any atom is -0.487 e. The zero-order chi connectivity index (χ0) is 22.6. The fourth-order valence-electron chi connectivity index (χ4n) is 3.20. The van der Waals surface area contributed by atoms with Crippen molar-refractivity contribution in [2.45, 2.75) is 18.4 Å². The zero-order valence-corrected chi connectivity index (χ0v) is 18.1. The lowest BCUT2D eigenvalue weighted by molar-refractivity contribution is 0.256. The quantitative estimate of drug-likeness (QED) is 0.449. The molecule has 1 aromatic heterocycles. The van der Waals surface area contributed by atoms with Gasteiger partial charge >= 0.3 is 6.03 Å². The summed E-state index contributed by atoms with van der Waals surface area (Å²) < 4.78 is 32.8. The summed E-state index contributed by atoms with van der Waals surface area (Å²) in [6.07, 6.45) is 0. The van der Waals surface area contributed by atoms with E-state index in [1.807, 2.05) is 41.1 Å². The number of hydrogen-bond acceptors (Lipinski definition) is 5. The number of sulfonamides is 1.